The lowest BCUT2D eigenvalue weighted by atomic mass is 10.2. The lowest BCUT2D eigenvalue weighted by molar-refractivity contribution is 0.626. The third-order valence-corrected chi connectivity index (χ3v) is 3.50. The van der Waals surface area contributed by atoms with Crippen molar-refractivity contribution in [3.63, 3.8) is 0 Å². The minimum Gasteiger partial charge on any atom is -0.363 e. The fourth-order valence-corrected chi connectivity index (χ4v) is 2.44. The van der Waals surface area contributed by atoms with E-state index in [9.17, 15) is 9.18 Å². The zero-order chi connectivity index (χ0) is 15.5. The van der Waals surface area contributed by atoms with Crippen LogP contribution in [-0.4, -0.2) is 16.5 Å². The number of hydrogen-bond acceptors (Lipinski definition) is 2. The molecule has 5 heteroatoms. The minimum atomic E-state index is -0.245. The summed E-state index contributed by atoms with van der Waals surface area (Å²) in [5.41, 5.74) is 3.28. The molecule has 0 aliphatic rings. The van der Waals surface area contributed by atoms with Crippen molar-refractivity contribution in [1.29, 1.82) is 0 Å². The van der Waals surface area contributed by atoms with Gasteiger partial charge in [-0.05, 0) is 35.9 Å². The summed E-state index contributed by atoms with van der Waals surface area (Å²) >= 11 is 0. The van der Waals surface area contributed by atoms with Gasteiger partial charge in [0.05, 0.1) is 11.0 Å². The van der Waals surface area contributed by atoms with Crippen LogP contribution in [0.15, 0.2) is 59.9 Å². The van der Waals surface area contributed by atoms with Crippen LogP contribution in [0, 0.1) is 5.82 Å². The Morgan fingerprint density at radius 3 is 2.55 bits per heavy atom. The molecule has 0 amide bonds. The van der Waals surface area contributed by atoms with E-state index in [0.29, 0.717) is 13.1 Å². The topological polar surface area (TPSA) is 51.9 Å². The van der Waals surface area contributed by atoms with Crippen LogP contribution in [0.2, 0.25) is 0 Å². The second kappa shape index (κ2) is 5.89. The summed E-state index contributed by atoms with van der Waals surface area (Å²) in [6, 6.07) is 12.2. The van der Waals surface area contributed by atoms with Crippen LogP contribution in [0.4, 0.5) is 10.1 Å². The highest BCUT2D eigenvalue weighted by Gasteiger charge is 2.08. The van der Waals surface area contributed by atoms with E-state index in [4.69, 9.17) is 0 Å². The first kappa shape index (κ1) is 14.1. The lowest BCUT2D eigenvalue weighted by Crippen LogP contribution is -2.22. The summed E-state index contributed by atoms with van der Waals surface area (Å²) in [4.78, 5) is 18.9. The summed E-state index contributed by atoms with van der Waals surface area (Å²) in [5.74, 6) is -0.245. The maximum Gasteiger partial charge on any atom is 0.323 e. The molecule has 3 rings (SSSR count). The van der Waals surface area contributed by atoms with Gasteiger partial charge in [-0.1, -0.05) is 18.2 Å². The minimum absolute atomic E-state index is 0.221. The molecule has 0 atom stereocenters. The number of rotatable bonds is 5. The number of hydrogen-bond donors (Lipinski definition) is 2. The van der Waals surface area contributed by atoms with E-state index < -0.39 is 0 Å². The second-order valence-corrected chi connectivity index (χ2v) is 5.10. The van der Waals surface area contributed by atoms with Gasteiger partial charge in [0.2, 0.25) is 0 Å². The monoisotopic (exact) mass is 297 g/mol. The van der Waals surface area contributed by atoms with Crippen LogP contribution in [0.1, 0.15) is 5.56 Å². The van der Waals surface area contributed by atoms with Crippen molar-refractivity contribution in [2.45, 2.75) is 6.54 Å². The van der Waals surface area contributed by atoms with Crippen LogP contribution in [-0.2, 0) is 6.54 Å². The van der Waals surface area contributed by atoms with E-state index in [1.807, 2.05) is 24.3 Å². The third kappa shape index (κ3) is 2.93. The van der Waals surface area contributed by atoms with E-state index in [0.717, 1.165) is 22.3 Å². The highest BCUT2D eigenvalue weighted by Crippen LogP contribution is 2.21. The van der Waals surface area contributed by atoms with Gasteiger partial charge < -0.3 is 14.9 Å². The molecular weight excluding hydrogens is 281 g/mol. The number of imidazole rings is 1. The van der Waals surface area contributed by atoms with Crippen molar-refractivity contribution in [3.05, 3.63) is 77.0 Å². The summed E-state index contributed by atoms with van der Waals surface area (Å²) in [5, 5.41) is 0. The fourth-order valence-electron chi connectivity index (χ4n) is 2.44. The van der Waals surface area contributed by atoms with Crippen molar-refractivity contribution < 1.29 is 4.39 Å². The van der Waals surface area contributed by atoms with Crippen LogP contribution >= 0.6 is 0 Å². The first-order valence-electron chi connectivity index (χ1n) is 6.98. The molecule has 22 heavy (non-hydrogen) atoms. The number of aromatic nitrogens is 2. The Balaban J connectivity index is 1.92. The predicted molar refractivity (Wildman–Crippen MR) is 86.6 cm³/mol. The summed E-state index contributed by atoms with van der Waals surface area (Å²) in [6.45, 7) is 5.06. The van der Waals surface area contributed by atoms with Crippen molar-refractivity contribution in [1.82, 2.24) is 9.97 Å². The highest BCUT2D eigenvalue weighted by atomic mass is 19.1. The van der Waals surface area contributed by atoms with Gasteiger partial charge in [0.25, 0.3) is 0 Å². The Morgan fingerprint density at radius 1 is 1.09 bits per heavy atom. The molecule has 112 valence electrons. The third-order valence-electron chi connectivity index (χ3n) is 3.50. The fraction of sp³-hybridized carbons (Fsp3) is 0.118. The van der Waals surface area contributed by atoms with Gasteiger partial charge in [-0.25, -0.2) is 9.18 Å². The number of aromatic amines is 2. The normalized spacial score (nSPS) is 10.8. The zero-order valence-electron chi connectivity index (χ0n) is 12.0. The SMILES string of the molecule is C=CCN(Cc1ccc(F)cc1)c1ccc2[nH]c(=O)[nH]c2c1. The van der Waals surface area contributed by atoms with Gasteiger partial charge in [0.1, 0.15) is 5.82 Å². The molecule has 3 aromatic rings. The molecule has 0 saturated heterocycles. The van der Waals surface area contributed by atoms with E-state index in [-0.39, 0.29) is 11.5 Å². The molecule has 0 aliphatic carbocycles. The van der Waals surface area contributed by atoms with Crippen LogP contribution in [0.3, 0.4) is 0 Å². The molecule has 2 aromatic carbocycles. The van der Waals surface area contributed by atoms with Gasteiger partial charge in [0, 0.05) is 18.8 Å². The van der Waals surface area contributed by atoms with E-state index in [1.54, 1.807) is 12.1 Å². The van der Waals surface area contributed by atoms with Crippen LogP contribution < -0.4 is 10.6 Å². The van der Waals surface area contributed by atoms with Crippen molar-refractivity contribution in [2.75, 3.05) is 11.4 Å². The molecule has 0 fully saturated rings. The molecule has 0 aliphatic heterocycles. The summed E-state index contributed by atoms with van der Waals surface area (Å²) in [6.07, 6.45) is 1.81. The molecular formula is C17H16FN3O. The highest BCUT2D eigenvalue weighted by molar-refractivity contribution is 5.79. The van der Waals surface area contributed by atoms with Gasteiger partial charge in [-0.15, -0.1) is 6.58 Å². The Hall–Kier alpha value is -2.82. The van der Waals surface area contributed by atoms with E-state index in [2.05, 4.69) is 21.4 Å². The van der Waals surface area contributed by atoms with Gasteiger partial charge in [-0.2, -0.15) is 0 Å². The van der Waals surface area contributed by atoms with E-state index in [1.165, 1.54) is 12.1 Å². The van der Waals surface area contributed by atoms with Gasteiger partial charge in [0.15, 0.2) is 0 Å². The molecule has 0 spiro atoms. The van der Waals surface area contributed by atoms with Gasteiger partial charge in [-0.3, -0.25) is 0 Å². The van der Waals surface area contributed by atoms with Crippen molar-refractivity contribution >= 4 is 16.7 Å². The molecule has 1 heterocycles. The largest absolute Gasteiger partial charge is 0.363 e. The summed E-state index contributed by atoms with van der Waals surface area (Å²) in [7, 11) is 0. The number of nitrogens with one attached hydrogen (secondary N) is 2. The lowest BCUT2D eigenvalue weighted by Gasteiger charge is -2.23. The molecule has 0 saturated carbocycles. The Kier molecular flexibility index (Phi) is 3.78. The first-order chi connectivity index (χ1) is 10.7. The zero-order valence-corrected chi connectivity index (χ0v) is 12.0. The standard InChI is InChI=1S/C17H16FN3O/c1-2-9-21(11-12-3-5-13(18)6-4-12)14-7-8-15-16(10-14)20-17(22)19-15/h2-8,10H,1,9,11H2,(H2,19,20,22). The number of halogens is 1. The van der Waals surface area contributed by atoms with E-state index >= 15 is 0 Å². The molecule has 4 nitrogen and oxygen atoms in total. The van der Waals surface area contributed by atoms with Crippen molar-refractivity contribution in [2.24, 2.45) is 0 Å². The average molecular weight is 297 g/mol. The Labute approximate surface area is 126 Å². The number of benzene rings is 2. The smallest absolute Gasteiger partial charge is 0.323 e. The number of nitrogens with zero attached hydrogens (tertiary/aromatic N) is 1. The second-order valence-electron chi connectivity index (χ2n) is 5.10. The van der Waals surface area contributed by atoms with Gasteiger partial charge >= 0.3 is 5.69 Å². The molecule has 0 bridgehead atoms. The Morgan fingerprint density at radius 2 is 1.82 bits per heavy atom. The maximum atomic E-state index is 13.0. The summed E-state index contributed by atoms with van der Waals surface area (Å²) < 4.78 is 13.0. The average Bonchev–Trinajstić information content (AvgIpc) is 2.88. The van der Waals surface area contributed by atoms with Crippen LogP contribution in [0.25, 0.3) is 11.0 Å². The number of anilines is 1. The van der Waals surface area contributed by atoms with Crippen LogP contribution in [0.5, 0.6) is 0 Å². The van der Waals surface area contributed by atoms with Crippen molar-refractivity contribution in [3.8, 4) is 0 Å². The first-order valence-corrected chi connectivity index (χ1v) is 6.98. The molecule has 0 unspecified atom stereocenters. The number of fused-ring (bicyclic) bond motifs is 1. The molecule has 1 aromatic heterocycles. The maximum absolute atomic E-state index is 13.0. The molecule has 0 radical (unpaired) electrons. The quantitative estimate of drug-likeness (QED) is 0.711. The number of H-pyrrole nitrogens is 2. The predicted octanol–water partition coefficient (Wildman–Crippen LogP) is 3.19. The Bertz CT molecular complexity index is 848. The molecule has 2 N–H and O–H groups in total.